The summed E-state index contributed by atoms with van der Waals surface area (Å²) >= 11 is 0. The molecule has 2 atom stereocenters. The molecular weight excluding hydrogens is 297 g/mol. The lowest BCUT2D eigenvalue weighted by Crippen LogP contribution is -2.39. The molecule has 0 amide bonds. The van der Waals surface area contributed by atoms with Crippen molar-refractivity contribution in [2.24, 2.45) is 5.73 Å². The fourth-order valence-corrected chi connectivity index (χ4v) is 2.31. The summed E-state index contributed by atoms with van der Waals surface area (Å²) in [4.78, 5) is -0.870. The smallest absolute Gasteiger partial charge is 0.392 e. The number of hydrogen-bond acceptors (Lipinski definition) is 5. The molecule has 114 valence electrons. The molecule has 1 aromatic carbocycles. The molecule has 0 saturated carbocycles. The lowest BCUT2D eigenvalue weighted by molar-refractivity contribution is -0.0435. The first kappa shape index (κ1) is 16.7. The van der Waals surface area contributed by atoms with E-state index in [1.54, 1.807) is 0 Å². The Bertz CT molecular complexity index is 558. The Kier molecular flexibility index (Phi) is 5.00. The Morgan fingerprint density at radius 1 is 1.35 bits per heavy atom. The predicted molar refractivity (Wildman–Crippen MR) is 67.8 cm³/mol. The SMILES string of the molecule is CC(O)C(N)CNc1ccccc1S(=O)(=O)C(F)(F)F. The standard InChI is InChI=1S/C11H15F3N2O3S/c1-7(17)8(15)6-16-9-4-2-3-5-10(9)20(18,19)11(12,13)14/h2-5,7-8,16-17H,6,15H2,1H3. The second-order valence-corrected chi connectivity index (χ2v) is 6.14. The van der Waals surface area contributed by atoms with Gasteiger partial charge in [-0.15, -0.1) is 0 Å². The molecule has 1 aromatic rings. The summed E-state index contributed by atoms with van der Waals surface area (Å²) in [6.07, 6.45) is -0.881. The van der Waals surface area contributed by atoms with Gasteiger partial charge in [-0.2, -0.15) is 13.2 Å². The molecule has 0 aliphatic carbocycles. The van der Waals surface area contributed by atoms with E-state index in [1.807, 2.05) is 0 Å². The Morgan fingerprint density at radius 2 is 1.90 bits per heavy atom. The number of nitrogens with two attached hydrogens (primary N) is 1. The van der Waals surface area contributed by atoms with Gasteiger partial charge in [0.2, 0.25) is 0 Å². The van der Waals surface area contributed by atoms with Crippen LogP contribution in [0.1, 0.15) is 6.92 Å². The number of benzene rings is 1. The van der Waals surface area contributed by atoms with Gasteiger partial charge in [-0.05, 0) is 19.1 Å². The summed E-state index contributed by atoms with van der Waals surface area (Å²) in [6, 6.07) is 3.91. The summed E-state index contributed by atoms with van der Waals surface area (Å²) in [5.41, 5.74) is -0.0602. The van der Waals surface area contributed by atoms with Gasteiger partial charge in [-0.3, -0.25) is 0 Å². The van der Waals surface area contributed by atoms with Crippen molar-refractivity contribution in [3.63, 3.8) is 0 Å². The van der Waals surface area contributed by atoms with Gasteiger partial charge in [0.25, 0.3) is 9.84 Å². The van der Waals surface area contributed by atoms with Crippen LogP contribution < -0.4 is 11.1 Å². The van der Waals surface area contributed by atoms with Gasteiger partial charge in [-0.25, -0.2) is 8.42 Å². The Hall–Kier alpha value is -1.32. The first-order valence-electron chi connectivity index (χ1n) is 5.65. The van der Waals surface area contributed by atoms with Crippen molar-refractivity contribution in [1.82, 2.24) is 0 Å². The van der Waals surface area contributed by atoms with Crippen molar-refractivity contribution < 1.29 is 26.7 Å². The summed E-state index contributed by atoms with van der Waals surface area (Å²) < 4.78 is 60.5. The number of anilines is 1. The predicted octanol–water partition coefficient (Wildman–Crippen LogP) is 1.10. The summed E-state index contributed by atoms with van der Waals surface area (Å²) in [5.74, 6) is 0. The van der Waals surface area contributed by atoms with Gasteiger partial charge >= 0.3 is 5.51 Å². The van der Waals surface area contributed by atoms with Gasteiger partial charge in [0.15, 0.2) is 0 Å². The minimum absolute atomic E-state index is 0.0674. The Balaban J connectivity index is 3.07. The number of aliphatic hydroxyl groups is 1. The maximum absolute atomic E-state index is 12.5. The van der Waals surface area contributed by atoms with Crippen LogP contribution in [-0.4, -0.2) is 37.7 Å². The van der Waals surface area contributed by atoms with E-state index < -0.39 is 32.4 Å². The zero-order chi connectivity index (χ0) is 15.6. The maximum Gasteiger partial charge on any atom is 0.501 e. The van der Waals surface area contributed by atoms with E-state index in [1.165, 1.54) is 25.1 Å². The molecule has 0 aliphatic heterocycles. The summed E-state index contributed by atoms with van der Waals surface area (Å²) in [5, 5.41) is 11.7. The number of sulfone groups is 1. The molecule has 0 fully saturated rings. The number of rotatable bonds is 5. The highest BCUT2D eigenvalue weighted by Gasteiger charge is 2.47. The zero-order valence-corrected chi connectivity index (χ0v) is 11.4. The van der Waals surface area contributed by atoms with Crippen molar-refractivity contribution in [2.75, 3.05) is 11.9 Å². The van der Waals surface area contributed by atoms with E-state index in [2.05, 4.69) is 5.32 Å². The van der Waals surface area contributed by atoms with Crippen LogP contribution in [0.4, 0.5) is 18.9 Å². The third-order valence-electron chi connectivity index (χ3n) is 2.63. The Morgan fingerprint density at radius 3 is 2.40 bits per heavy atom. The van der Waals surface area contributed by atoms with Crippen molar-refractivity contribution in [1.29, 1.82) is 0 Å². The number of aliphatic hydroxyl groups excluding tert-OH is 1. The first-order chi connectivity index (χ1) is 9.07. The fourth-order valence-electron chi connectivity index (χ4n) is 1.37. The van der Waals surface area contributed by atoms with Gasteiger partial charge in [0.05, 0.1) is 16.7 Å². The highest BCUT2D eigenvalue weighted by atomic mass is 32.2. The number of hydrogen-bond donors (Lipinski definition) is 3. The molecule has 9 heteroatoms. The van der Waals surface area contributed by atoms with Crippen LogP contribution in [0, 0.1) is 0 Å². The van der Waals surface area contributed by atoms with E-state index in [0.717, 1.165) is 6.07 Å². The minimum atomic E-state index is -5.44. The van der Waals surface area contributed by atoms with Crippen LogP contribution in [0.15, 0.2) is 29.2 Å². The molecule has 0 aliphatic rings. The lowest BCUT2D eigenvalue weighted by Gasteiger charge is -2.18. The number of alkyl halides is 3. The highest BCUT2D eigenvalue weighted by molar-refractivity contribution is 7.92. The Labute approximate surface area is 114 Å². The van der Waals surface area contributed by atoms with Crippen LogP contribution in [0.3, 0.4) is 0 Å². The van der Waals surface area contributed by atoms with Gasteiger partial charge in [0.1, 0.15) is 0 Å². The monoisotopic (exact) mass is 312 g/mol. The largest absolute Gasteiger partial charge is 0.501 e. The molecule has 0 bridgehead atoms. The van der Waals surface area contributed by atoms with Crippen LogP contribution in [0.25, 0.3) is 0 Å². The van der Waals surface area contributed by atoms with Crippen LogP contribution in [0.5, 0.6) is 0 Å². The van der Waals surface area contributed by atoms with E-state index in [9.17, 15) is 26.7 Å². The first-order valence-corrected chi connectivity index (χ1v) is 7.13. The molecule has 0 radical (unpaired) electrons. The van der Waals surface area contributed by atoms with E-state index in [0.29, 0.717) is 0 Å². The third-order valence-corrected chi connectivity index (χ3v) is 4.17. The molecule has 0 saturated heterocycles. The van der Waals surface area contributed by atoms with E-state index in [4.69, 9.17) is 5.73 Å². The second-order valence-electron chi connectivity index (χ2n) is 4.23. The zero-order valence-electron chi connectivity index (χ0n) is 10.6. The minimum Gasteiger partial charge on any atom is -0.392 e. The van der Waals surface area contributed by atoms with E-state index >= 15 is 0 Å². The van der Waals surface area contributed by atoms with Crippen molar-refractivity contribution in [3.8, 4) is 0 Å². The molecule has 0 spiro atoms. The number of para-hydroxylation sites is 1. The lowest BCUT2D eigenvalue weighted by atomic mass is 10.2. The normalized spacial score (nSPS) is 15.7. The molecular formula is C11H15F3N2O3S. The summed E-state index contributed by atoms with van der Waals surface area (Å²) in [6.45, 7) is 1.35. The fraction of sp³-hybridized carbons (Fsp3) is 0.455. The molecule has 4 N–H and O–H groups in total. The average Bonchev–Trinajstić information content (AvgIpc) is 2.34. The van der Waals surface area contributed by atoms with Gasteiger partial charge < -0.3 is 16.2 Å². The quantitative estimate of drug-likeness (QED) is 0.757. The summed E-state index contributed by atoms with van der Waals surface area (Å²) in [7, 11) is -5.44. The molecule has 2 unspecified atom stereocenters. The van der Waals surface area contributed by atoms with Crippen molar-refractivity contribution in [2.45, 2.75) is 29.5 Å². The van der Waals surface area contributed by atoms with Crippen molar-refractivity contribution >= 4 is 15.5 Å². The van der Waals surface area contributed by atoms with E-state index in [-0.39, 0.29) is 12.2 Å². The molecule has 0 heterocycles. The van der Waals surface area contributed by atoms with Crippen LogP contribution in [-0.2, 0) is 9.84 Å². The maximum atomic E-state index is 12.5. The van der Waals surface area contributed by atoms with Crippen LogP contribution in [0.2, 0.25) is 0 Å². The molecule has 20 heavy (non-hydrogen) atoms. The second kappa shape index (κ2) is 5.98. The molecule has 5 nitrogen and oxygen atoms in total. The van der Waals surface area contributed by atoms with Crippen LogP contribution >= 0.6 is 0 Å². The van der Waals surface area contributed by atoms with Gasteiger partial charge in [-0.1, -0.05) is 12.1 Å². The topological polar surface area (TPSA) is 92.4 Å². The highest BCUT2D eigenvalue weighted by Crippen LogP contribution is 2.34. The molecule has 0 aromatic heterocycles. The van der Waals surface area contributed by atoms with Gasteiger partial charge in [0, 0.05) is 12.6 Å². The number of nitrogens with one attached hydrogen (secondary N) is 1. The number of halogens is 3. The third kappa shape index (κ3) is 3.62. The molecule has 1 rings (SSSR count). The van der Waals surface area contributed by atoms with Crippen molar-refractivity contribution in [3.05, 3.63) is 24.3 Å². The average molecular weight is 312 g/mol.